The normalized spacial score (nSPS) is 16.7. The topological polar surface area (TPSA) is 102 Å². The van der Waals surface area contributed by atoms with Gasteiger partial charge in [-0.05, 0) is 38.1 Å². The Bertz CT molecular complexity index is 1210. The monoisotopic (exact) mass is 420 g/mol. The minimum atomic E-state index is -0.704. The molecule has 0 amide bonds. The lowest BCUT2D eigenvalue weighted by Gasteiger charge is -2.32. The second-order valence-electron chi connectivity index (χ2n) is 7.96. The molecular formula is C22H24N6O3. The van der Waals surface area contributed by atoms with Crippen molar-refractivity contribution in [1.82, 2.24) is 29.2 Å². The summed E-state index contributed by atoms with van der Waals surface area (Å²) in [5, 5.41) is 23.2. The first kappa shape index (κ1) is 19.7. The summed E-state index contributed by atoms with van der Waals surface area (Å²) in [6.07, 6.45) is 3.20. The Kier molecular flexibility index (Phi) is 5.35. The molecule has 1 fully saturated rings. The number of likely N-dealkylation sites (tertiary alicyclic amines) is 1. The highest BCUT2D eigenvalue weighted by molar-refractivity contribution is 5.54. The third-order valence-electron chi connectivity index (χ3n) is 5.87. The fourth-order valence-electron chi connectivity index (χ4n) is 4.30. The number of aliphatic hydroxyl groups is 1. The number of piperidine rings is 1. The van der Waals surface area contributed by atoms with E-state index in [1.807, 2.05) is 54.7 Å². The average molecular weight is 420 g/mol. The molecule has 0 saturated carbocycles. The van der Waals surface area contributed by atoms with Gasteiger partial charge in [-0.3, -0.25) is 13.5 Å². The highest BCUT2D eigenvalue weighted by atomic mass is 16.5. The molecule has 1 atom stereocenters. The van der Waals surface area contributed by atoms with Gasteiger partial charge in [0.1, 0.15) is 5.82 Å². The van der Waals surface area contributed by atoms with Gasteiger partial charge >= 0.3 is 5.76 Å². The Morgan fingerprint density at radius 1 is 1.03 bits per heavy atom. The van der Waals surface area contributed by atoms with E-state index in [9.17, 15) is 9.90 Å². The molecule has 1 aliphatic rings. The van der Waals surface area contributed by atoms with E-state index in [1.54, 1.807) is 0 Å². The molecule has 4 heterocycles. The number of aromatic nitrogens is 5. The van der Waals surface area contributed by atoms with Crippen LogP contribution in [0.1, 0.15) is 24.6 Å². The highest BCUT2D eigenvalue weighted by Crippen LogP contribution is 2.27. The van der Waals surface area contributed by atoms with Gasteiger partial charge in [0.15, 0.2) is 11.5 Å². The third-order valence-corrected chi connectivity index (χ3v) is 5.87. The predicted octanol–water partition coefficient (Wildman–Crippen LogP) is 1.79. The van der Waals surface area contributed by atoms with E-state index in [0.717, 1.165) is 43.0 Å². The third kappa shape index (κ3) is 4.01. The summed E-state index contributed by atoms with van der Waals surface area (Å²) in [5.41, 5.74) is 1.64. The number of nitrogens with zero attached hydrogens (tertiary/aromatic N) is 6. The quantitative estimate of drug-likeness (QED) is 0.507. The van der Waals surface area contributed by atoms with Crippen molar-refractivity contribution in [2.45, 2.75) is 31.4 Å². The predicted molar refractivity (Wildman–Crippen MR) is 114 cm³/mol. The molecule has 9 heteroatoms. The number of aliphatic hydroxyl groups excluding tert-OH is 1. The summed E-state index contributed by atoms with van der Waals surface area (Å²) in [5.74, 6) is 1.22. The minimum absolute atomic E-state index is 0.140. The van der Waals surface area contributed by atoms with Crippen LogP contribution >= 0.6 is 0 Å². The Hall–Kier alpha value is -3.30. The van der Waals surface area contributed by atoms with Gasteiger partial charge in [0.25, 0.3) is 0 Å². The summed E-state index contributed by atoms with van der Waals surface area (Å²) >= 11 is 0. The smallest absolute Gasteiger partial charge is 0.390 e. The first-order valence-electron chi connectivity index (χ1n) is 10.5. The number of hydrogen-bond acceptors (Lipinski definition) is 7. The molecule has 31 heavy (non-hydrogen) atoms. The van der Waals surface area contributed by atoms with E-state index in [1.165, 1.54) is 4.57 Å². The second kappa shape index (κ2) is 8.44. The summed E-state index contributed by atoms with van der Waals surface area (Å²) < 4.78 is 8.30. The number of β-amino-alcohol motifs (C(OH)–C–C–N with tert-alkyl or cyclic N) is 1. The summed E-state index contributed by atoms with van der Waals surface area (Å²) in [6, 6.07) is 15.3. The highest BCUT2D eigenvalue weighted by Gasteiger charge is 2.26. The van der Waals surface area contributed by atoms with E-state index >= 15 is 0 Å². The van der Waals surface area contributed by atoms with Gasteiger partial charge in [-0.2, -0.15) is 0 Å². The van der Waals surface area contributed by atoms with E-state index < -0.39 is 11.9 Å². The average Bonchev–Trinajstić information content (AvgIpc) is 3.39. The summed E-state index contributed by atoms with van der Waals surface area (Å²) in [7, 11) is 0. The number of pyridine rings is 1. The minimum Gasteiger partial charge on any atom is -0.390 e. The molecule has 4 aromatic rings. The number of hydrogen-bond donors (Lipinski definition) is 1. The zero-order valence-electron chi connectivity index (χ0n) is 17.0. The molecule has 3 aromatic heterocycles. The maximum atomic E-state index is 12.1. The zero-order chi connectivity index (χ0) is 21.2. The van der Waals surface area contributed by atoms with Gasteiger partial charge in [0, 0.05) is 24.2 Å². The fraction of sp³-hybridized carbons (Fsp3) is 0.364. The molecule has 160 valence electrons. The van der Waals surface area contributed by atoms with Crippen LogP contribution in [0.15, 0.2) is 64.0 Å². The van der Waals surface area contributed by atoms with Crippen molar-refractivity contribution < 1.29 is 9.63 Å². The van der Waals surface area contributed by atoms with Gasteiger partial charge in [-0.25, -0.2) is 4.79 Å². The molecule has 0 bridgehead atoms. The van der Waals surface area contributed by atoms with Gasteiger partial charge < -0.3 is 10.0 Å². The van der Waals surface area contributed by atoms with Crippen molar-refractivity contribution in [1.29, 1.82) is 0 Å². The Morgan fingerprint density at radius 2 is 1.81 bits per heavy atom. The van der Waals surface area contributed by atoms with Crippen LogP contribution in [0.2, 0.25) is 0 Å². The zero-order valence-corrected chi connectivity index (χ0v) is 17.0. The fourth-order valence-corrected chi connectivity index (χ4v) is 4.30. The Morgan fingerprint density at radius 3 is 2.61 bits per heavy atom. The van der Waals surface area contributed by atoms with Crippen molar-refractivity contribution in [3.8, 4) is 11.4 Å². The first-order chi connectivity index (χ1) is 15.2. The maximum absolute atomic E-state index is 12.1. The van der Waals surface area contributed by atoms with Crippen LogP contribution in [0, 0.1) is 0 Å². The molecule has 9 nitrogen and oxygen atoms in total. The van der Waals surface area contributed by atoms with Crippen molar-refractivity contribution in [2.24, 2.45) is 0 Å². The van der Waals surface area contributed by atoms with Gasteiger partial charge in [-0.1, -0.05) is 41.6 Å². The summed E-state index contributed by atoms with van der Waals surface area (Å²) in [6.45, 7) is 2.33. The molecule has 5 rings (SSSR count). The van der Waals surface area contributed by atoms with Crippen molar-refractivity contribution in [3.05, 3.63) is 71.1 Å². The molecule has 1 aromatic carbocycles. The molecule has 1 N–H and O–H groups in total. The van der Waals surface area contributed by atoms with E-state index in [-0.39, 0.29) is 6.54 Å². The van der Waals surface area contributed by atoms with Crippen LogP contribution in [0.5, 0.6) is 0 Å². The Balaban J connectivity index is 1.21. The lowest BCUT2D eigenvalue weighted by Crippen LogP contribution is -2.40. The van der Waals surface area contributed by atoms with Crippen molar-refractivity contribution in [3.63, 3.8) is 0 Å². The van der Waals surface area contributed by atoms with Gasteiger partial charge in [0.05, 0.1) is 12.6 Å². The molecular weight excluding hydrogens is 396 g/mol. The standard InChI is InChI=1S/C22H24N6O3/c29-18(15-28-21(25-31-22(28)30)16-6-2-1-3-7-16)14-26-12-9-17(10-13-26)20-24-23-19-8-4-5-11-27(19)20/h1-8,11,17-18,29H,9-10,12-15H2. The molecule has 1 saturated heterocycles. The first-order valence-corrected chi connectivity index (χ1v) is 10.5. The van der Waals surface area contributed by atoms with Crippen molar-refractivity contribution in [2.75, 3.05) is 19.6 Å². The molecule has 0 radical (unpaired) electrons. The largest absolute Gasteiger partial charge is 0.441 e. The van der Waals surface area contributed by atoms with Crippen LogP contribution in [0.3, 0.4) is 0 Å². The maximum Gasteiger partial charge on any atom is 0.441 e. The molecule has 1 aliphatic heterocycles. The number of fused-ring (bicyclic) bond motifs is 1. The SMILES string of the molecule is O=c1onc(-c2ccccc2)n1CC(O)CN1CCC(c2nnc3ccccn23)CC1. The second-order valence-corrected chi connectivity index (χ2v) is 7.96. The van der Waals surface area contributed by atoms with E-state index in [4.69, 9.17) is 4.52 Å². The van der Waals surface area contributed by atoms with E-state index in [0.29, 0.717) is 18.3 Å². The van der Waals surface area contributed by atoms with Crippen LogP contribution in [0.25, 0.3) is 17.0 Å². The molecule has 0 aliphatic carbocycles. The van der Waals surface area contributed by atoms with Crippen LogP contribution in [0.4, 0.5) is 0 Å². The number of rotatable bonds is 6. The van der Waals surface area contributed by atoms with Crippen LogP contribution < -0.4 is 5.76 Å². The van der Waals surface area contributed by atoms with E-state index in [2.05, 4.69) is 24.7 Å². The van der Waals surface area contributed by atoms with Crippen LogP contribution in [-0.4, -0.2) is 60.1 Å². The summed E-state index contributed by atoms with van der Waals surface area (Å²) in [4.78, 5) is 14.3. The van der Waals surface area contributed by atoms with Gasteiger partial charge in [-0.15, -0.1) is 10.2 Å². The van der Waals surface area contributed by atoms with Gasteiger partial charge in [0.2, 0.25) is 0 Å². The van der Waals surface area contributed by atoms with Crippen molar-refractivity contribution >= 4 is 5.65 Å². The molecule has 1 unspecified atom stereocenters. The molecule has 0 spiro atoms. The lowest BCUT2D eigenvalue weighted by molar-refractivity contribution is 0.0830. The lowest BCUT2D eigenvalue weighted by atomic mass is 9.95. The van der Waals surface area contributed by atoms with Crippen LogP contribution in [-0.2, 0) is 6.54 Å². The Labute approximate surface area is 178 Å². The number of benzene rings is 1.